The molecule has 2 rings (SSSR count). The van der Waals surface area contributed by atoms with E-state index in [2.05, 4.69) is 20.8 Å². The van der Waals surface area contributed by atoms with Crippen molar-refractivity contribution in [3.05, 3.63) is 46.2 Å². The van der Waals surface area contributed by atoms with Crippen molar-refractivity contribution in [2.75, 3.05) is 5.32 Å². The largest absolute Gasteiger partial charge is 0.357 e. The standard InChI is InChI=1S/C11H10Cl2N4S/c12-7-3-8(13)5-10(4-7)16-11(18)14-6-9-1-2-15-17-9/h1-5H,6H2,(H,15,17)(H2,14,16,18). The van der Waals surface area contributed by atoms with Crippen LogP contribution in [0.1, 0.15) is 5.69 Å². The van der Waals surface area contributed by atoms with Gasteiger partial charge in [0.25, 0.3) is 0 Å². The summed E-state index contributed by atoms with van der Waals surface area (Å²) in [7, 11) is 0. The van der Waals surface area contributed by atoms with Gasteiger partial charge in [-0.1, -0.05) is 23.2 Å². The van der Waals surface area contributed by atoms with Crippen LogP contribution < -0.4 is 10.6 Å². The van der Waals surface area contributed by atoms with Gasteiger partial charge in [0, 0.05) is 21.9 Å². The second-order valence-corrected chi connectivity index (χ2v) is 4.83. The average Bonchev–Trinajstić information content (AvgIpc) is 2.77. The Labute approximate surface area is 120 Å². The number of benzene rings is 1. The minimum atomic E-state index is 0.489. The van der Waals surface area contributed by atoms with Crippen molar-refractivity contribution in [2.24, 2.45) is 0 Å². The van der Waals surface area contributed by atoms with Gasteiger partial charge in [-0.25, -0.2) is 0 Å². The second-order valence-electron chi connectivity index (χ2n) is 3.55. The molecule has 1 aromatic heterocycles. The third-order valence-corrected chi connectivity index (χ3v) is 2.80. The number of hydrogen-bond donors (Lipinski definition) is 3. The van der Waals surface area contributed by atoms with Crippen LogP contribution in [0, 0.1) is 0 Å². The summed E-state index contributed by atoms with van der Waals surface area (Å²) in [6.45, 7) is 0.570. The third-order valence-electron chi connectivity index (χ3n) is 2.12. The van der Waals surface area contributed by atoms with Crippen molar-refractivity contribution in [2.45, 2.75) is 6.54 Å². The summed E-state index contributed by atoms with van der Waals surface area (Å²) in [5, 5.41) is 14.3. The summed E-state index contributed by atoms with van der Waals surface area (Å²) in [5.74, 6) is 0. The molecule has 0 radical (unpaired) electrons. The first-order valence-electron chi connectivity index (χ1n) is 5.13. The topological polar surface area (TPSA) is 52.7 Å². The van der Waals surface area contributed by atoms with Gasteiger partial charge >= 0.3 is 0 Å². The fourth-order valence-electron chi connectivity index (χ4n) is 1.36. The normalized spacial score (nSPS) is 10.1. The van der Waals surface area contributed by atoms with Gasteiger partial charge in [-0.05, 0) is 36.5 Å². The molecule has 0 atom stereocenters. The van der Waals surface area contributed by atoms with Crippen LogP contribution in [0.3, 0.4) is 0 Å². The van der Waals surface area contributed by atoms with Gasteiger partial charge in [0.15, 0.2) is 5.11 Å². The fourth-order valence-corrected chi connectivity index (χ4v) is 2.08. The third kappa shape index (κ3) is 3.87. The van der Waals surface area contributed by atoms with E-state index in [0.717, 1.165) is 11.4 Å². The molecule has 94 valence electrons. The predicted octanol–water partition coefficient (Wildman–Crippen LogP) is 3.20. The van der Waals surface area contributed by atoms with Gasteiger partial charge < -0.3 is 10.6 Å². The van der Waals surface area contributed by atoms with Gasteiger partial charge in [-0.15, -0.1) is 0 Å². The lowest BCUT2D eigenvalue weighted by atomic mass is 10.3. The van der Waals surface area contributed by atoms with Crippen LogP contribution in [0.2, 0.25) is 10.0 Å². The Morgan fingerprint density at radius 1 is 1.28 bits per heavy atom. The van der Waals surface area contributed by atoms with Crippen LogP contribution in [0.25, 0.3) is 0 Å². The molecular weight excluding hydrogens is 291 g/mol. The van der Waals surface area contributed by atoms with Crippen LogP contribution in [-0.4, -0.2) is 15.3 Å². The highest BCUT2D eigenvalue weighted by Crippen LogP contribution is 2.22. The monoisotopic (exact) mass is 300 g/mol. The fraction of sp³-hybridized carbons (Fsp3) is 0.0909. The number of aromatic nitrogens is 2. The summed E-state index contributed by atoms with van der Waals surface area (Å²) >= 11 is 16.9. The number of rotatable bonds is 3. The lowest BCUT2D eigenvalue weighted by Crippen LogP contribution is -2.28. The van der Waals surface area contributed by atoms with E-state index in [1.807, 2.05) is 6.07 Å². The van der Waals surface area contributed by atoms with Crippen molar-refractivity contribution in [3.63, 3.8) is 0 Å². The van der Waals surface area contributed by atoms with Gasteiger partial charge in [0.2, 0.25) is 0 Å². The summed E-state index contributed by atoms with van der Waals surface area (Å²) in [5.41, 5.74) is 1.69. The Hall–Kier alpha value is -1.30. The van der Waals surface area contributed by atoms with Crippen LogP contribution in [0.5, 0.6) is 0 Å². The van der Waals surface area contributed by atoms with E-state index in [1.165, 1.54) is 0 Å². The van der Waals surface area contributed by atoms with Gasteiger partial charge in [-0.2, -0.15) is 5.10 Å². The minimum Gasteiger partial charge on any atom is -0.357 e. The number of anilines is 1. The van der Waals surface area contributed by atoms with Crippen molar-refractivity contribution in [3.8, 4) is 0 Å². The van der Waals surface area contributed by atoms with Gasteiger partial charge in [0.05, 0.1) is 12.2 Å². The molecule has 3 N–H and O–H groups in total. The molecule has 7 heteroatoms. The lowest BCUT2D eigenvalue weighted by Gasteiger charge is -2.10. The molecule has 0 spiro atoms. The number of hydrogen-bond acceptors (Lipinski definition) is 2. The molecule has 1 aromatic carbocycles. The van der Waals surface area contributed by atoms with E-state index < -0.39 is 0 Å². The van der Waals surface area contributed by atoms with E-state index in [4.69, 9.17) is 35.4 Å². The molecule has 0 saturated carbocycles. The highest BCUT2D eigenvalue weighted by molar-refractivity contribution is 7.80. The Bertz CT molecular complexity index is 522. The maximum absolute atomic E-state index is 5.89. The Morgan fingerprint density at radius 3 is 2.61 bits per heavy atom. The summed E-state index contributed by atoms with van der Waals surface area (Å²) in [6, 6.07) is 7.02. The molecule has 0 aliphatic carbocycles. The van der Waals surface area contributed by atoms with E-state index in [-0.39, 0.29) is 0 Å². The highest BCUT2D eigenvalue weighted by Gasteiger charge is 2.01. The van der Waals surface area contributed by atoms with E-state index in [9.17, 15) is 0 Å². The van der Waals surface area contributed by atoms with E-state index >= 15 is 0 Å². The zero-order valence-electron chi connectivity index (χ0n) is 9.21. The number of H-pyrrole nitrogens is 1. The van der Waals surface area contributed by atoms with Crippen LogP contribution in [-0.2, 0) is 6.54 Å². The van der Waals surface area contributed by atoms with Crippen molar-refractivity contribution in [1.82, 2.24) is 15.5 Å². The quantitative estimate of drug-likeness (QED) is 0.762. The van der Waals surface area contributed by atoms with Gasteiger partial charge in [-0.3, -0.25) is 5.10 Å². The molecule has 18 heavy (non-hydrogen) atoms. The van der Waals surface area contributed by atoms with E-state index in [1.54, 1.807) is 24.4 Å². The first-order valence-corrected chi connectivity index (χ1v) is 6.29. The molecule has 0 bridgehead atoms. The van der Waals surface area contributed by atoms with Crippen LogP contribution in [0.15, 0.2) is 30.5 Å². The number of nitrogens with one attached hydrogen (secondary N) is 3. The number of halogens is 2. The molecule has 0 saturated heterocycles. The van der Waals surface area contributed by atoms with Crippen molar-refractivity contribution < 1.29 is 0 Å². The first-order chi connectivity index (χ1) is 8.63. The molecule has 2 aromatic rings. The first kappa shape index (κ1) is 13.1. The molecule has 4 nitrogen and oxygen atoms in total. The van der Waals surface area contributed by atoms with Crippen LogP contribution >= 0.6 is 35.4 Å². The highest BCUT2D eigenvalue weighted by atomic mass is 35.5. The minimum absolute atomic E-state index is 0.489. The number of aromatic amines is 1. The Balaban J connectivity index is 1.90. The zero-order valence-corrected chi connectivity index (χ0v) is 11.5. The molecule has 0 fully saturated rings. The van der Waals surface area contributed by atoms with Gasteiger partial charge in [0.1, 0.15) is 0 Å². The molecular formula is C11H10Cl2N4S. The maximum Gasteiger partial charge on any atom is 0.171 e. The summed E-state index contributed by atoms with van der Waals surface area (Å²) in [6.07, 6.45) is 1.68. The van der Waals surface area contributed by atoms with Crippen LogP contribution in [0.4, 0.5) is 5.69 Å². The molecule has 0 aliphatic heterocycles. The maximum atomic E-state index is 5.89. The smallest absolute Gasteiger partial charge is 0.171 e. The zero-order chi connectivity index (χ0) is 13.0. The molecule has 0 aliphatic rings. The molecule has 0 unspecified atom stereocenters. The second kappa shape index (κ2) is 6.04. The van der Waals surface area contributed by atoms with Crippen molar-refractivity contribution >= 4 is 46.2 Å². The van der Waals surface area contributed by atoms with E-state index in [0.29, 0.717) is 21.7 Å². The summed E-state index contributed by atoms with van der Waals surface area (Å²) in [4.78, 5) is 0. The Kier molecular flexibility index (Phi) is 4.41. The number of nitrogens with zero attached hydrogens (tertiary/aromatic N) is 1. The lowest BCUT2D eigenvalue weighted by molar-refractivity contribution is 0.865. The van der Waals surface area contributed by atoms with Crippen molar-refractivity contribution in [1.29, 1.82) is 0 Å². The average molecular weight is 301 g/mol. The SMILES string of the molecule is S=C(NCc1ccn[nH]1)Nc1cc(Cl)cc(Cl)c1. The number of thiocarbonyl (C=S) groups is 1. The summed E-state index contributed by atoms with van der Waals surface area (Å²) < 4.78 is 0. The predicted molar refractivity (Wildman–Crippen MR) is 78.1 cm³/mol. The Morgan fingerprint density at radius 2 is 2.00 bits per heavy atom. The molecule has 1 heterocycles. The molecule has 0 amide bonds.